The lowest BCUT2D eigenvalue weighted by molar-refractivity contribution is 0.274. The molecule has 1 aliphatic heterocycles. The molecule has 6 nitrogen and oxygen atoms in total. The SMILES string of the molecule is Cc1c(Cl)cccc1S(=O)(=O)N1CCC(n2c(=O)[nH]c3ccccc32)CC1. The van der Waals surface area contributed by atoms with E-state index in [4.69, 9.17) is 11.6 Å². The van der Waals surface area contributed by atoms with E-state index in [1.165, 1.54) is 4.31 Å². The number of rotatable bonds is 3. The summed E-state index contributed by atoms with van der Waals surface area (Å²) >= 11 is 6.10. The van der Waals surface area contributed by atoms with Crippen LogP contribution in [0.3, 0.4) is 0 Å². The van der Waals surface area contributed by atoms with Crippen LogP contribution < -0.4 is 5.69 Å². The van der Waals surface area contributed by atoms with Gasteiger partial charge >= 0.3 is 5.69 Å². The molecular weight excluding hydrogens is 386 g/mol. The number of nitrogens with zero attached hydrogens (tertiary/aromatic N) is 2. The van der Waals surface area contributed by atoms with E-state index >= 15 is 0 Å². The summed E-state index contributed by atoms with van der Waals surface area (Å²) in [6, 6.07) is 12.5. The standard InChI is InChI=1S/C19H20ClN3O3S/c1-13-15(20)5-4-8-18(13)27(25,26)22-11-9-14(10-12-22)23-17-7-3-2-6-16(17)21-19(23)24/h2-8,14H,9-12H2,1H3,(H,21,24). The van der Waals surface area contributed by atoms with Crippen LogP contribution in [0.25, 0.3) is 11.0 Å². The van der Waals surface area contributed by atoms with Gasteiger partial charge in [0.05, 0.1) is 15.9 Å². The van der Waals surface area contributed by atoms with Gasteiger partial charge in [0.1, 0.15) is 0 Å². The van der Waals surface area contributed by atoms with Gasteiger partial charge in [0.25, 0.3) is 0 Å². The molecule has 0 unspecified atom stereocenters. The Morgan fingerprint density at radius 3 is 2.52 bits per heavy atom. The van der Waals surface area contributed by atoms with E-state index < -0.39 is 10.0 Å². The van der Waals surface area contributed by atoms with Gasteiger partial charge in [-0.25, -0.2) is 13.2 Å². The minimum atomic E-state index is -3.61. The Kier molecular flexibility index (Phi) is 4.61. The van der Waals surface area contributed by atoms with E-state index in [9.17, 15) is 13.2 Å². The van der Waals surface area contributed by atoms with Gasteiger partial charge in [0, 0.05) is 24.2 Å². The summed E-state index contributed by atoms with van der Waals surface area (Å²) in [5.41, 5.74) is 2.07. The van der Waals surface area contributed by atoms with E-state index in [1.807, 2.05) is 24.3 Å². The number of nitrogens with one attached hydrogen (secondary N) is 1. The van der Waals surface area contributed by atoms with Gasteiger partial charge in [-0.05, 0) is 49.6 Å². The summed E-state index contributed by atoms with van der Waals surface area (Å²) < 4.78 is 29.3. The molecule has 0 saturated carbocycles. The van der Waals surface area contributed by atoms with E-state index in [0.29, 0.717) is 36.5 Å². The molecule has 27 heavy (non-hydrogen) atoms. The third-order valence-corrected chi connectivity index (χ3v) is 7.70. The van der Waals surface area contributed by atoms with E-state index in [-0.39, 0.29) is 16.6 Å². The number of hydrogen-bond donors (Lipinski definition) is 1. The molecule has 0 aliphatic carbocycles. The summed E-state index contributed by atoms with van der Waals surface area (Å²) in [5.74, 6) is 0. The van der Waals surface area contributed by atoms with Crippen LogP contribution in [-0.2, 0) is 10.0 Å². The Labute approximate surface area is 162 Å². The number of fused-ring (bicyclic) bond motifs is 1. The number of imidazole rings is 1. The third-order valence-electron chi connectivity index (χ3n) is 5.25. The third kappa shape index (κ3) is 3.09. The van der Waals surface area contributed by atoms with Crippen molar-refractivity contribution in [2.24, 2.45) is 0 Å². The second-order valence-electron chi connectivity index (χ2n) is 6.82. The predicted octanol–water partition coefficient (Wildman–Crippen LogP) is 3.32. The zero-order valence-corrected chi connectivity index (χ0v) is 16.4. The number of aromatic nitrogens is 2. The van der Waals surface area contributed by atoms with Gasteiger partial charge in [-0.3, -0.25) is 4.57 Å². The normalized spacial score (nSPS) is 16.8. The van der Waals surface area contributed by atoms with Crippen LogP contribution in [0.4, 0.5) is 0 Å². The van der Waals surface area contributed by atoms with Crippen LogP contribution in [0.15, 0.2) is 52.2 Å². The Hall–Kier alpha value is -2.09. The molecule has 0 radical (unpaired) electrons. The molecule has 0 bridgehead atoms. The van der Waals surface area contributed by atoms with Crippen LogP contribution in [0.2, 0.25) is 5.02 Å². The largest absolute Gasteiger partial charge is 0.326 e. The quantitative estimate of drug-likeness (QED) is 0.726. The van der Waals surface area contributed by atoms with Gasteiger partial charge in [-0.15, -0.1) is 0 Å². The fraction of sp³-hybridized carbons (Fsp3) is 0.316. The number of halogens is 1. The molecule has 0 spiro atoms. The lowest BCUT2D eigenvalue weighted by Crippen LogP contribution is -2.40. The summed E-state index contributed by atoms with van der Waals surface area (Å²) in [6.07, 6.45) is 1.17. The molecule has 142 valence electrons. The van der Waals surface area contributed by atoms with Crippen molar-refractivity contribution in [3.63, 3.8) is 0 Å². The minimum Gasteiger partial charge on any atom is -0.306 e. The van der Waals surface area contributed by atoms with Crippen LogP contribution in [0.1, 0.15) is 24.4 Å². The van der Waals surface area contributed by atoms with Crippen LogP contribution in [0.5, 0.6) is 0 Å². The second-order valence-corrected chi connectivity index (χ2v) is 9.13. The smallest absolute Gasteiger partial charge is 0.306 e. The van der Waals surface area contributed by atoms with Crippen molar-refractivity contribution in [2.45, 2.75) is 30.7 Å². The first-order chi connectivity index (χ1) is 12.9. The number of sulfonamides is 1. The van der Waals surface area contributed by atoms with E-state index in [1.54, 1.807) is 29.7 Å². The maximum absolute atomic E-state index is 13.0. The topological polar surface area (TPSA) is 75.2 Å². The highest BCUT2D eigenvalue weighted by Crippen LogP contribution is 2.30. The lowest BCUT2D eigenvalue weighted by atomic mass is 10.1. The van der Waals surface area contributed by atoms with Crippen molar-refractivity contribution in [1.29, 1.82) is 0 Å². The van der Waals surface area contributed by atoms with Gasteiger partial charge in [0.2, 0.25) is 10.0 Å². The fourth-order valence-corrected chi connectivity index (χ4v) is 5.73. The van der Waals surface area contributed by atoms with Gasteiger partial charge in [-0.1, -0.05) is 29.8 Å². The number of benzene rings is 2. The summed E-state index contributed by atoms with van der Waals surface area (Å²) in [6.45, 7) is 2.45. The van der Waals surface area contributed by atoms with Crippen LogP contribution in [-0.4, -0.2) is 35.4 Å². The minimum absolute atomic E-state index is 0.0273. The van der Waals surface area contributed by atoms with Crippen molar-refractivity contribution in [2.75, 3.05) is 13.1 Å². The first-order valence-corrected chi connectivity index (χ1v) is 10.7. The van der Waals surface area contributed by atoms with Crippen LogP contribution in [0, 0.1) is 6.92 Å². The summed E-state index contributed by atoms with van der Waals surface area (Å²) in [7, 11) is -3.61. The summed E-state index contributed by atoms with van der Waals surface area (Å²) in [4.78, 5) is 15.5. The molecule has 1 aromatic heterocycles. The molecule has 4 rings (SSSR count). The Balaban J connectivity index is 1.59. The van der Waals surface area contributed by atoms with E-state index in [0.717, 1.165) is 11.0 Å². The molecule has 0 atom stereocenters. The highest BCUT2D eigenvalue weighted by Gasteiger charge is 2.32. The van der Waals surface area contributed by atoms with Gasteiger partial charge in [-0.2, -0.15) is 4.31 Å². The monoisotopic (exact) mass is 405 g/mol. The number of para-hydroxylation sites is 2. The van der Waals surface area contributed by atoms with Crippen molar-refractivity contribution in [3.05, 3.63) is 63.5 Å². The van der Waals surface area contributed by atoms with E-state index in [2.05, 4.69) is 4.98 Å². The highest BCUT2D eigenvalue weighted by atomic mass is 35.5. The maximum atomic E-state index is 13.0. The van der Waals surface area contributed by atoms with Crippen molar-refractivity contribution in [1.82, 2.24) is 13.9 Å². The summed E-state index contributed by atoms with van der Waals surface area (Å²) in [5, 5.41) is 0.441. The average molecular weight is 406 g/mol. The Bertz CT molecular complexity index is 1160. The average Bonchev–Trinajstić information content (AvgIpc) is 2.99. The van der Waals surface area contributed by atoms with Crippen molar-refractivity contribution in [3.8, 4) is 0 Å². The molecule has 1 fully saturated rings. The number of H-pyrrole nitrogens is 1. The molecule has 2 aromatic carbocycles. The lowest BCUT2D eigenvalue weighted by Gasteiger charge is -2.32. The number of piperidine rings is 1. The number of aromatic amines is 1. The molecule has 0 amide bonds. The molecule has 8 heteroatoms. The zero-order chi connectivity index (χ0) is 19.2. The molecule has 2 heterocycles. The predicted molar refractivity (Wildman–Crippen MR) is 106 cm³/mol. The second kappa shape index (κ2) is 6.82. The maximum Gasteiger partial charge on any atom is 0.326 e. The molecule has 1 aliphatic rings. The van der Waals surface area contributed by atoms with Crippen molar-refractivity contribution >= 4 is 32.7 Å². The fourth-order valence-electron chi connectivity index (χ4n) is 3.78. The number of hydrogen-bond acceptors (Lipinski definition) is 3. The Morgan fingerprint density at radius 1 is 1.07 bits per heavy atom. The van der Waals surface area contributed by atoms with Crippen LogP contribution >= 0.6 is 11.6 Å². The first-order valence-electron chi connectivity index (χ1n) is 8.84. The highest BCUT2D eigenvalue weighted by molar-refractivity contribution is 7.89. The van der Waals surface area contributed by atoms with Gasteiger partial charge < -0.3 is 4.98 Å². The molecule has 3 aromatic rings. The van der Waals surface area contributed by atoms with Crippen molar-refractivity contribution < 1.29 is 8.42 Å². The molecule has 1 saturated heterocycles. The zero-order valence-electron chi connectivity index (χ0n) is 14.9. The molecule has 1 N–H and O–H groups in total. The molecular formula is C19H20ClN3O3S. The van der Waals surface area contributed by atoms with Gasteiger partial charge in [0.15, 0.2) is 0 Å². The first kappa shape index (κ1) is 18.3. The Morgan fingerprint density at radius 2 is 1.78 bits per heavy atom.